The van der Waals surface area contributed by atoms with E-state index < -0.39 is 0 Å². The summed E-state index contributed by atoms with van der Waals surface area (Å²) in [5.74, 6) is 1.82. The molecule has 0 spiro atoms. The van der Waals surface area contributed by atoms with Crippen molar-refractivity contribution in [3.8, 4) is 0 Å². The quantitative estimate of drug-likeness (QED) is 0.640. The Kier molecular flexibility index (Phi) is 9.97. The topological polar surface area (TPSA) is 34.1 Å². The molecule has 0 saturated heterocycles. The Bertz CT molecular complexity index is 406. The molecule has 3 atom stereocenters. The molecule has 0 N–H and O–H groups in total. The van der Waals surface area contributed by atoms with Gasteiger partial charge in [-0.05, 0) is 56.4 Å². The molecule has 2 heteroatoms. The fourth-order valence-electron chi connectivity index (χ4n) is 3.41. The predicted octanol–water partition coefficient (Wildman–Crippen LogP) is 5.53. The van der Waals surface area contributed by atoms with Crippen molar-refractivity contribution in [3.05, 3.63) is 24.3 Å². The van der Waals surface area contributed by atoms with Gasteiger partial charge in [-0.3, -0.25) is 9.59 Å². The van der Waals surface area contributed by atoms with Crippen molar-refractivity contribution in [1.82, 2.24) is 0 Å². The SMILES string of the molecule is C=C.CC.CC(=O)C(C)CCC1C2=C(CCC2=O)CCC1C. The van der Waals surface area contributed by atoms with Crippen LogP contribution in [0.25, 0.3) is 0 Å². The van der Waals surface area contributed by atoms with Gasteiger partial charge in [0.1, 0.15) is 5.78 Å². The van der Waals surface area contributed by atoms with Gasteiger partial charge < -0.3 is 0 Å². The van der Waals surface area contributed by atoms with E-state index in [4.69, 9.17) is 0 Å². The van der Waals surface area contributed by atoms with Gasteiger partial charge in [0.2, 0.25) is 0 Å². The lowest BCUT2D eigenvalue weighted by Gasteiger charge is -2.31. The summed E-state index contributed by atoms with van der Waals surface area (Å²) in [5, 5.41) is 0. The number of hydrogen-bond acceptors (Lipinski definition) is 2. The molecule has 2 nitrogen and oxygen atoms in total. The molecule has 0 saturated carbocycles. The predicted molar refractivity (Wildman–Crippen MR) is 94.8 cm³/mol. The van der Waals surface area contributed by atoms with Crippen molar-refractivity contribution in [3.63, 3.8) is 0 Å². The van der Waals surface area contributed by atoms with E-state index in [0.717, 1.165) is 37.7 Å². The Morgan fingerprint density at radius 3 is 2.36 bits per heavy atom. The molecule has 2 aliphatic rings. The molecule has 0 bridgehead atoms. The van der Waals surface area contributed by atoms with Crippen LogP contribution in [0.3, 0.4) is 0 Å². The third-order valence-corrected chi connectivity index (χ3v) is 4.90. The summed E-state index contributed by atoms with van der Waals surface area (Å²) in [4.78, 5) is 23.3. The van der Waals surface area contributed by atoms with Gasteiger partial charge in [0, 0.05) is 12.3 Å². The molecular formula is C20H34O2. The standard InChI is InChI=1S/C16H24O2.C2H6.C2H4/c1-10(12(3)17)5-8-14-11(2)4-6-13-7-9-15(18)16(13)14;2*1-2/h10-11,14H,4-9H2,1-3H3;1-2H3;1-2H2. The third kappa shape index (κ3) is 5.23. The molecule has 22 heavy (non-hydrogen) atoms. The molecule has 0 fully saturated rings. The number of carbonyl (C=O) groups is 2. The first-order chi connectivity index (χ1) is 10.5. The van der Waals surface area contributed by atoms with Crippen LogP contribution in [0, 0.1) is 17.8 Å². The number of Topliss-reactive ketones (excluding diaryl/α,β-unsaturated/α-hetero) is 2. The molecule has 126 valence electrons. The molecule has 0 amide bonds. The summed E-state index contributed by atoms with van der Waals surface area (Å²) in [6.07, 6.45) is 6.00. The Morgan fingerprint density at radius 1 is 1.23 bits per heavy atom. The van der Waals surface area contributed by atoms with Crippen molar-refractivity contribution < 1.29 is 9.59 Å². The molecule has 0 radical (unpaired) electrons. The fourth-order valence-corrected chi connectivity index (χ4v) is 3.41. The third-order valence-electron chi connectivity index (χ3n) is 4.90. The normalized spacial score (nSPS) is 24.5. The monoisotopic (exact) mass is 306 g/mol. The number of ketones is 2. The zero-order valence-corrected chi connectivity index (χ0v) is 15.2. The molecule has 0 heterocycles. The van der Waals surface area contributed by atoms with Gasteiger partial charge in [0.25, 0.3) is 0 Å². The second kappa shape index (κ2) is 10.5. The summed E-state index contributed by atoms with van der Waals surface area (Å²) in [6.45, 7) is 15.9. The fraction of sp³-hybridized carbons (Fsp3) is 0.700. The van der Waals surface area contributed by atoms with Crippen molar-refractivity contribution >= 4 is 11.6 Å². The lowest BCUT2D eigenvalue weighted by molar-refractivity contribution is -0.120. The van der Waals surface area contributed by atoms with Gasteiger partial charge in [-0.15, -0.1) is 13.2 Å². The highest BCUT2D eigenvalue weighted by Crippen LogP contribution is 2.43. The van der Waals surface area contributed by atoms with Crippen LogP contribution in [-0.4, -0.2) is 11.6 Å². The smallest absolute Gasteiger partial charge is 0.159 e. The lowest BCUT2D eigenvalue weighted by atomic mass is 9.73. The summed E-state index contributed by atoms with van der Waals surface area (Å²) >= 11 is 0. The summed E-state index contributed by atoms with van der Waals surface area (Å²) in [7, 11) is 0. The number of allylic oxidation sites excluding steroid dienone is 2. The summed E-state index contributed by atoms with van der Waals surface area (Å²) in [5.41, 5.74) is 2.59. The van der Waals surface area contributed by atoms with E-state index in [0.29, 0.717) is 17.6 Å². The highest BCUT2D eigenvalue weighted by atomic mass is 16.1. The van der Waals surface area contributed by atoms with E-state index in [9.17, 15) is 9.59 Å². The minimum Gasteiger partial charge on any atom is -0.300 e. The van der Waals surface area contributed by atoms with Crippen LogP contribution in [0.2, 0.25) is 0 Å². The van der Waals surface area contributed by atoms with Gasteiger partial charge >= 0.3 is 0 Å². The van der Waals surface area contributed by atoms with Gasteiger partial charge in [0.15, 0.2) is 5.78 Å². The first-order valence-electron chi connectivity index (χ1n) is 8.76. The average Bonchev–Trinajstić information content (AvgIpc) is 2.91. The van der Waals surface area contributed by atoms with Gasteiger partial charge in [-0.1, -0.05) is 33.3 Å². The average molecular weight is 306 g/mol. The molecule has 0 aromatic heterocycles. The summed E-state index contributed by atoms with van der Waals surface area (Å²) < 4.78 is 0. The number of hydrogen-bond donors (Lipinski definition) is 0. The van der Waals surface area contributed by atoms with Crippen LogP contribution in [-0.2, 0) is 9.59 Å². The first-order valence-corrected chi connectivity index (χ1v) is 8.76. The van der Waals surface area contributed by atoms with E-state index in [1.54, 1.807) is 6.92 Å². The minimum atomic E-state index is 0.139. The molecule has 0 aromatic carbocycles. The maximum Gasteiger partial charge on any atom is 0.159 e. The summed E-state index contributed by atoms with van der Waals surface area (Å²) in [6, 6.07) is 0. The van der Waals surface area contributed by atoms with Gasteiger partial charge in [-0.25, -0.2) is 0 Å². The van der Waals surface area contributed by atoms with Crippen molar-refractivity contribution in [2.75, 3.05) is 0 Å². The van der Waals surface area contributed by atoms with E-state index in [1.165, 1.54) is 12.0 Å². The van der Waals surface area contributed by atoms with E-state index in [2.05, 4.69) is 20.1 Å². The highest BCUT2D eigenvalue weighted by molar-refractivity contribution is 5.99. The number of rotatable bonds is 4. The molecule has 0 aliphatic heterocycles. The zero-order chi connectivity index (χ0) is 17.3. The van der Waals surface area contributed by atoms with Crippen LogP contribution in [0.1, 0.15) is 73.1 Å². The largest absolute Gasteiger partial charge is 0.300 e. The van der Waals surface area contributed by atoms with Crippen molar-refractivity contribution in [1.29, 1.82) is 0 Å². The highest BCUT2D eigenvalue weighted by Gasteiger charge is 2.35. The molecule has 2 aliphatic carbocycles. The zero-order valence-electron chi connectivity index (χ0n) is 15.2. The van der Waals surface area contributed by atoms with Crippen LogP contribution >= 0.6 is 0 Å². The van der Waals surface area contributed by atoms with Gasteiger partial charge in [0.05, 0.1) is 0 Å². The Labute approximate surface area is 137 Å². The van der Waals surface area contributed by atoms with E-state index in [-0.39, 0.29) is 11.7 Å². The molecular weight excluding hydrogens is 272 g/mol. The minimum absolute atomic E-state index is 0.139. The van der Waals surface area contributed by atoms with Crippen LogP contribution in [0.5, 0.6) is 0 Å². The second-order valence-corrected chi connectivity index (χ2v) is 6.15. The van der Waals surface area contributed by atoms with Crippen molar-refractivity contribution in [2.24, 2.45) is 17.8 Å². The van der Waals surface area contributed by atoms with Crippen molar-refractivity contribution in [2.45, 2.75) is 73.1 Å². The first kappa shape index (κ1) is 20.8. The molecule has 0 aromatic rings. The maximum atomic E-state index is 12.0. The molecule has 2 rings (SSSR count). The van der Waals surface area contributed by atoms with E-state index in [1.807, 2.05) is 20.8 Å². The Morgan fingerprint density at radius 2 is 1.82 bits per heavy atom. The van der Waals surface area contributed by atoms with Crippen LogP contribution in [0.15, 0.2) is 24.3 Å². The maximum absolute atomic E-state index is 12.0. The lowest BCUT2D eigenvalue weighted by Crippen LogP contribution is -2.23. The van der Waals surface area contributed by atoms with Gasteiger partial charge in [-0.2, -0.15) is 0 Å². The number of carbonyl (C=O) groups excluding carboxylic acids is 2. The Hall–Kier alpha value is -1.18. The second-order valence-electron chi connectivity index (χ2n) is 6.15. The molecule has 3 unspecified atom stereocenters. The Balaban J connectivity index is 0.00000102. The van der Waals surface area contributed by atoms with Crippen LogP contribution in [0.4, 0.5) is 0 Å². The van der Waals surface area contributed by atoms with E-state index >= 15 is 0 Å². The van der Waals surface area contributed by atoms with Crippen LogP contribution < -0.4 is 0 Å².